The Morgan fingerprint density at radius 3 is 2.69 bits per heavy atom. The first kappa shape index (κ1) is 21.0. The zero-order chi connectivity index (χ0) is 22.2. The number of nitrogens with one attached hydrogen (secondary N) is 1. The molecule has 1 saturated carbocycles. The van der Waals surface area contributed by atoms with E-state index < -0.39 is 5.91 Å². The smallest absolute Gasteiger partial charge is 0.274 e. The maximum absolute atomic E-state index is 12.7. The summed E-state index contributed by atoms with van der Waals surface area (Å²) in [5, 5.41) is 14.6. The third-order valence-electron chi connectivity index (χ3n) is 6.27. The summed E-state index contributed by atoms with van der Waals surface area (Å²) in [7, 11) is 0. The van der Waals surface area contributed by atoms with Crippen molar-refractivity contribution < 1.29 is 9.90 Å². The minimum absolute atomic E-state index is 0.0201. The summed E-state index contributed by atoms with van der Waals surface area (Å²) >= 11 is 6.24. The highest BCUT2D eigenvalue weighted by Crippen LogP contribution is 2.30. The van der Waals surface area contributed by atoms with Crippen molar-refractivity contribution in [3.8, 4) is 5.75 Å². The van der Waals surface area contributed by atoms with Gasteiger partial charge >= 0.3 is 0 Å². The molecule has 5 rings (SSSR count). The molecule has 32 heavy (non-hydrogen) atoms. The average molecular weight is 452 g/mol. The molecule has 3 aromatic rings. The minimum atomic E-state index is -0.457. The Balaban J connectivity index is 1.30. The summed E-state index contributed by atoms with van der Waals surface area (Å²) in [4.78, 5) is 26.4. The molecule has 0 spiro atoms. The molecule has 0 atom stereocenters. The summed E-state index contributed by atoms with van der Waals surface area (Å²) in [6, 6.07) is 10.2. The van der Waals surface area contributed by atoms with E-state index in [9.17, 15) is 9.90 Å². The predicted molar refractivity (Wildman–Crippen MR) is 125 cm³/mol. The second-order valence-corrected chi connectivity index (χ2v) is 9.00. The summed E-state index contributed by atoms with van der Waals surface area (Å²) in [5.41, 5.74) is 2.41. The lowest BCUT2D eigenvalue weighted by Gasteiger charge is -2.35. The molecule has 1 aliphatic carbocycles. The SMILES string of the molecule is Cc1ccc(CNC(=O)c2ncc3nc(N4CCN(C5CC5)CC4)ccc3c2O)c(Cl)c1. The van der Waals surface area contributed by atoms with Crippen molar-refractivity contribution in [1.29, 1.82) is 0 Å². The maximum atomic E-state index is 12.7. The van der Waals surface area contributed by atoms with Gasteiger partial charge in [-0.2, -0.15) is 0 Å². The fraction of sp³-hybridized carbons (Fsp3) is 0.375. The van der Waals surface area contributed by atoms with E-state index in [-0.39, 0.29) is 18.0 Å². The van der Waals surface area contributed by atoms with E-state index in [4.69, 9.17) is 16.6 Å². The highest BCUT2D eigenvalue weighted by atomic mass is 35.5. The number of benzene rings is 1. The third-order valence-corrected chi connectivity index (χ3v) is 6.62. The first-order chi connectivity index (χ1) is 15.5. The van der Waals surface area contributed by atoms with Crippen LogP contribution in [0.3, 0.4) is 0 Å². The number of aromatic nitrogens is 2. The monoisotopic (exact) mass is 451 g/mol. The zero-order valence-electron chi connectivity index (χ0n) is 18.0. The number of carbonyl (C=O) groups is 1. The first-order valence-corrected chi connectivity index (χ1v) is 11.4. The number of piperazine rings is 1. The Morgan fingerprint density at radius 1 is 1.19 bits per heavy atom. The lowest BCUT2D eigenvalue weighted by Crippen LogP contribution is -2.47. The number of hydrogen-bond donors (Lipinski definition) is 2. The molecule has 1 aromatic carbocycles. The Morgan fingerprint density at radius 2 is 1.97 bits per heavy atom. The van der Waals surface area contributed by atoms with Gasteiger partial charge in [0.2, 0.25) is 0 Å². The van der Waals surface area contributed by atoms with E-state index in [1.54, 1.807) is 6.20 Å². The van der Waals surface area contributed by atoms with Gasteiger partial charge in [0.1, 0.15) is 5.82 Å². The Kier molecular flexibility index (Phi) is 5.61. The summed E-state index contributed by atoms with van der Waals surface area (Å²) < 4.78 is 0. The van der Waals surface area contributed by atoms with Gasteiger partial charge in [-0.3, -0.25) is 9.69 Å². The maximum Gasteiger partial charge on any atom is 0.274 e. The van der Waals surface area contributed by atoms with Gasteiger partial charge in [0.25, 0.3) is 5.91 Å². The van der Waals surface area contributed by atoms with E-state index >= 15 is 0 Å². The second-order valence-electron chi connectivity index (χ2n) is 8.59. The van der Waals surface area contributed by atoms with Crippen molar-refractivity contribution in [3.05, 3.63) is 58.4 Å². The van der Waals surface area contributed by atoms with Crippen LogP contribution >= 0.6 is 11.6 Å². The highest BCUT2D eigenvalue weighted by Gasteiger charge is 2.31. The van der Waals surface area contributed by atoms with E-state index in [2.05, 4.69) is 20.1 Å². The van der Waals surface area contributed by atoms with E-state index in [0.29, 0.717) is 15.9 Å². The quantitative estimate of drug-likeness (QED) is 0.617. The molecule has 7 nitrogen and oxygen atoms in total. The van der Waals surface area contributed by atoms with Crippen molar-refractivity contribution >= 4 is 34.2 Å². The number of anilines is 1. The van der Waals surface area contributed by atoms with Crippen LogP contribution in [0.1, 0.15) is 34.5 Å². The van der Waals surface area contributed by atoms with Crippen LogP contribution in [0.2, 0.25) is 5.02 Å². The van der Waals surface area contributed by atoms with Crippen molar-refractivity contribution in [2.45, 2.75) is 32.4 Å². The number of pyridine rings is 2. The fourth-order valence-corrected chi connectivity index (χ4v) is 4.53. The highest BCUT2D eigenvalue weighted by molar-refractivity contribution is 6.31. The van der Waals surface area contributed by atoms with Crippen molar-refractivity contribution in [1.82, 2.24) is 20.2 Å². The Bertz CT molecular complexity index is 1170. The number of nitrogens with zero attached hydrogens (tertiary/aromatic N) is 4. The van der Waals surface area contributed by atoms with Crippen molar-refractivity contribution in [2.24, 2.45) is 0 Å². The molecule has 2 N–H and O–H groups in total. The number of rotatable bonds is 5. The molecule has 2 aliphatic rings. The standard InChI is InChI=1S/C24H26ClN5O2/c1-15-2-3-16(19(25)12-15)13-27-24(32)22-23(31)18-6-7-21(28-20(18)14-26-22)30-10-8-29(9-11-30)17-4-5-17/h2-3,6-7,12,14,17,31H,4-5,8-11,13H2,1H3,(H,27,32). The molecule has 166 valence electrons. The molecule has 1 aliphatic heterocycles. The number of carbonyl (C=O) groups excluding carboxylic acids is 1. The molecular formula is C24H26ClN5O2. The third kappa shape index (κ3) is 4.23. The van der Waals surface area contributed by atoms with E-state index in [0.717, 1.165) is 49.2 Å². The second kappa shape index (κ2) is 8.56. The van der Waals surface area contributed by atoms with Crippen LogP contribution in [0, 0.1) is 6.92 Å². The van der Waals surface area contributed by atoms with Gasteiger partial charge in [-0.1, -0.05) is 23.7 Å². The van der Waals surface area contributed by atoms with Crippen LogP contribution in [0.15, 0.2) is 36.5 Å². The van der Waals surface area contributed by atoms with Gasteiger partial charge in [-0.25, -0.2) is 9.97 Å². The van der Waals surface area contributed by atoms with Gasteiger partial charge in [-0.15, -0.1) is 0 Å². The van der Waals surface area contributed by atoms with Crippen molar-refractivity contribution in [2.75, 3.05) is 31.1 Å². The normalized spacial score (nSPS) is 17.0. The Hall–Kier alpha value is -2.90. The fourth-order valence-electron chi connectivity index (χ4n) is 4.23. The predicted octanol–water partition coefficient (Wildman–Crippen LogP) is 3.51. The topological polar surface area (TPSA) is 81.6 Å². The lowest BCUT2D eigenvalue weighted by molar-refractivity contribution is 0.0943. The van der Waals surface area contributed by atoms with Crippen LogP contribution in [0.5, 0.6) is 5.75 Å². The number of aromatic hydroxyl groups is 1. The van der Waals surface area contributed by atoms with Gasteiger partial charge < -0.3 is 15.3 Å². The summed E-state index contributed by atoms with van der Waals surface area (Å²) in [6.45, 7) is 6.20. The van der Waals surface area contributed by atoms with Crippen LogP contribution in [0.25, 0.3) is 10.9 Å². The van der Waals surface area contributed by atoms with Crippen LogP contribution < -0.4 is 10.2 Å². The van der Waals surface area contributed by atoms with Crippen LogP contribution in [-0.2, 0) is 6.54 Å². The zero-order valence-corrected chi connectivity index (χ0v) is 18.8. The number of hydrogen-bond acceptors (Lipinski definition) is 6. The molecule has 0 radical (unpaired) electrons. The molecule has 0 unspecified atom stereocenters. The molecule has 1 saturated heterocycles. The largest absolute Gasteiger partial charge is 0.505 e. The van der Waals surface area contributed by atoms with Crippen LogP contribution in [0.4, 0.5) is 5.82 Å². The minimum Gasteiger partial charge on any atom is -0.505 e. The van der Waals surface area contributed by atoms with E-state index in [1.807, 2.05) is 37.3 Å². The average Bonchev–Trinajstić information content (AvgIpc) is 3.64. The van der Waals surface area contributed by atoms with Crippen molar-refractivity contribution in [3.63, 3.8) is 0 Å². The molecular weight excluding hydrogens is 426 g/mol. The number of aryl methyl sites for hydroxylation is 1. The van der Waals surface area contributed by atoms with E-state index in [1.165, 1.54) is 12.8 Å². The molecule has 3 heterocycles. The molecule has 2 fully saturated rings. The Labute approximate surface area is 192 Å². The molecule has 1 amide bonds. The van der Waals surface area contributed by atoms with Gasteiger partial charge in [-0.05, 0) is 49.1 Å². The number of amides is 1. The first-order valence-electron chi connectivity index (χ1n) is 11.0. The molecule has 0 bridgehead atoms. The molecule has 2 aromatic heterocycles. The van der Waals surface area contributed by atoms with Gasteiger partial charge in [0.15, 0.2) is 11.4 Å². The lowest BCUT2D eigenvalue weighted by atomic mass is 10.1. The van der Waals surface area contributed by atoms with Gasteiger partial charge in [0, 0.05) is 49.2 Å². The number of fused-ring (bicyclic) bond motifs is 1. The van der Waals surface area contributed by atoms with Gasteiger partial charge in [0.05, 0.1) is 11.7 Å². The summed E-state index contributed by atoms with van der Waals surface area (Å²) in [5.74, 6) is 0.259. The summed E-state index contributed by atoms with van der Waals surface area (Å²) in [6.07, 6.45) is 4.20. The van der Waals surface area contributed by atoms with Crippen LogP contribution in [-0.4, -0.2) is 58.1 Å². The number of halogens is 1. The molecule has 8 heteroatoms.